The first-order chi connectivity index (χ1) is 11.0. The Kier molecular flexibility index (Phi) is 8.42. The number of piperidine rings is 1. The molecule has 140 valence electrons. The molecule has 2 aromatic rings. The molecule has 1 saturated heterocycles. The average molecular weight is 387 g/mol. The van der Waals surface area contributed by atoms with E-state index in [0.717, 1.165) is 54.2 Å². The number of aryl methyl sites for hydroxylation is 2. The van der Waals surface area contributed by atoms with Gasteiger partial charge in [0.25, 0.3) is 0 Å². The molecule has 0 saturated carbocycles. The fourth-order valence-electron chi connectivity index (χ4n) is 3.67. The minimum atomic E-state index is -0.255. The molecule has 1 aromatic carbocycles. The molecule has 4 nitrogen and oxygen atoms in total. The number of nitrogens with one attached hydrogen (secondary N) is 1. The Bertz CT molecular complexity index is 755. The lowest BCUT2D eigenvalue weighted by Gasteiger charge is -2.27. The molecule has 0 aliphatic carbocycles. The smallest absolute Gasteiger partial charge is 0.336 e. The first-order valence-electron chi connectivity index (χ1n) is 8.46. The minimum Gasteiger partial charge on any atom is -0.422 e. The summed E-state index contributed by atoms with van der Waals surface area (Å²) in [4.78, 5) is 14.3. The van der Waals surface area contributed by atoms with Gasteiger partial charge in [-0.05, 0) is 75.5 Å². The number of rotatable bonds is 4. The summed E-state index contributed by atoms with van der Waals surface area (Å²) in [6.45, 7) is 8.19. The van der Waals surface area contributed by atoms with Crippen molar-refractivity contribution in [2.75, 3.05) is 26.7 Å². The van der Waals surface area contributed by atoms with Crippen LogP contribution in [0.3, 0.4) is 0 Å². The lowest BCUT2D eigenvalue weighted by Crippen LogP contribution is -2.34. The van der Waals surface area contributed by atoms with E-state index >= 15 is 0 Å². The molecule has 3 rings (SSSR count). The molecule has 0 amide bonds. The van der Waals surface area contributed by atoms with Crippen molar-refractivity contribution in [1.29, 1.82) is 0 Å². The number of nitrogens with zero attached hydrogens (tertiary/aromatic N) is 1. The van der Waals surface area contributed by atoms with Crippen LogP contribution in [-0.4, -0.2) is 31.6 Å². The Morgan fingerprint density at radius 3 is 2.52 bits per heavy atom. The van der Waals surface area contributed by atoms with Crippen molar-refractivity contribution in [2.24, 2.45) is 5.92 Å². The van der Waals surface area contributed by atoms with Gasteiger partial charge in [-0.25, -0.2) is 4.79 Å². The second kappa shape index (κ2) is 9.58. The van der Waals surface area contributed by atoms with Crippen molar-refractivity contribution in [1.82, 2.24) is 10.2 Å². The maximum absolute atomic E-state index is 11.9. The van der Waals surface area contributed by atoms with Crippen molar-refractivity contribution in [3.05, 3.63) is 45.3 Å². The molecule has 1 aliphatic rings. The van der Waals surface area contributed by atoms with E-state index in [9.17, 15) is 4.79 Å². The first-order valence-corrected chi connectivity index (χ1v) is 8.46. The number of halogens is 2. The first kappa shape index (κ1) is 22.0. The fraction of sp³-hybridized carbons (Fsp3) is 0.526. The highest BCUT2D eigenvalue weighted by Gasteiger charge is 2.16. The van der Waals surface area contributed by atoms with Crippen molar-refractivity contribution in [3.63, 3.8) is 0 Å². The van der Waals surface area contributed by atoms with Crippen LogP contribution in [0, 0.1) is 19.8 Å². The van der Waals surface area contributed by atoms with Crippen LogP contribution in [0.5, 0.6) is 0 Å². The Balaban J connectivity index is 0.00000156. The predicted octanol–water partition coefficient (Wildman–Crippen LogP) is 3.68. The van der Waals surface area contributed by atoms with Gasteiger partial charge in [0.15, 0.2) is 0 Å². The van der Waals surface area contributed by atoms with E-state index in [0.29, 0.717) is 0 Å². The molecule has 6 heteroatoms. The lowest BCUT2D eigenvalue weighted by atomic mass is 9.97. The molecule has 1 N–H and O–H groups in total. The monoisotopic (exact) mass is 386 g/mol. The van der Waals surface area contributed by atoms with Crippen LogP contribution in [0.1, 0.15) is 29.5 Å². The molecular formula is C19H28Cl2N2O2. The van der Waals surface area contributed by atoms with E-state index < -0.39 is 0 Å². The fourth-order valence-corrected chi connectivity index (χ4v) is 3.67. The largest absolute Gasteiger partial charge is 0.422 e. The molecule has 0 radical (unpaired) electrons. The molecule has 2 heterocycles. The molecule has 0 unspecified atom stereocenters. The lowest BCUT2D eigenvalue weighted by molar-refractivity contribution is 0.235. The Hall–Kier alpha value is -1.07. The Morgan fingerprint density at radius 1 is 1.16 bits per heavy atom. The second-order valence-electron chi connectivity index (χ2n) is 6.94. The van der Waals surface area contributed by atoms with E-state index in [4.69, 9.17) is 4.42 Å². The van der Waals surface area contributed by atoms with Crippen molar-refractivity contribution >= 4 is 35.8 Å². The Labute approximate surface area is 161 Å². The van der Waals surface area contributed by atoms with Gasteiger partial charge in [0.1, 0.15) is 5.58 Å². The topological polar surface area (TPSA) is 45.5 Å². The zero-order valence-corrected chi connectivity index (χ0v) is 16.8. The molecule has 0 atom stereocenters. The highest BCUT2D eigenvalue weighted by atomic mass is 35.5. The molecule has 1 fully saturated rings. The summed E-state index contributed by atoms with van der Waals surface area (Å²) in [5, 5.41) is 4.48. The van der Waals surface area contributed by atoms with Gasteiger partial charge in [0.05, 0.1) is 0 Å². The van der Waals surface area contributed by atoms with Crippen molar-refractivity contribution in [2.45, 2.75) is 33.2 Å². The van der Waals surface area contributed by atoms with Gasteiger partial charge in [-0.2, -0.15) is 0 Å². The Morgan fingerprint density at radius 2 is 1.84 bits per heavy atom. The van der Waals surface area contributed by atoms with E-state index in [2.05, 4.69) is 36.3 Å². The number of hydrogen-bond acceptors (Lipinski definition) is 4. The molecule has 0 bridgehead atoms. The zero-order valence-electron chi connectivity index (χ0n) is 15.1. The third kappa shape index (κ3) is 5.45. The number of hydrogen-bond donors (Lipinski definition) is 1. The molecule has 25 heavy (non-hydrogen) atoms. The molecular weight excluding hydrogens is 359 g/mol. The molecule has 1 aliphatic heterocycles. The zero-order chi connectivity index (χ0) is 16.4. The maximum Gasteiger partial charge on any atom is 0.336 e. The van der Waals surface area contributed by atoms with Gasteiger partial charge in [-0.15, -0.1) is 24.8 Å². The number of benzene rings is 1. The average Bonchev–Trinajstić information content (AvgIpc) is 2.49. The summed E-state index contributed by atoms with van der Waals surface area (Å²) >= 11 is 0. The highest BCUT2D eigenvalue weighted by Crippen LogP contribution is 2.24. The standard InChI is InChI=1S/C19H26N2O2.2ClH/c1-13-8-14(2)19-17(9-13)16(10-18(22)23-19)12-21(3)11-15-4-6-20-7-5-15;;/h8-10,15,20H,4-7,11-12H2,1-3H3;2*1H. The van der Waals surface area contributed by atoms with Crippen LogP contribution in [0.2, 0.25) is 0 Å². The van der Waals surface area contributed by atoms with Gasteiger partial charge in [-0.1, -0.05) is 6.07 Å². The van der Waals surface area contributed by atoms with E-state index in [-0.39, 0.29) is 30.4 Å². The summed E-state index contributed by atoms with van der Waals surface area (Å²) in [7, 11) is 2.14. The summed E-state index contributed by atoms with van der Waals surface area (Å²) in [5.74, 6) is 0.746. The van der Waals surface area contributed by atoms with Crippen LogP contribution < -0.4 is 10.9 Å². The van der Waals surface area contributed by atoms with Crippen LogP contribution >= 0.6 is 24.8 Å². The SMILES string of the molecule is Cc1cc(C)c2oc(=O)cc(CN(C)CC3CCNCC3)c2c1.Cl.Cl. The highest BCUT2D eigenvalue weighted by molar-refractivity contribution is 5.85. The third-order valence-corrected chi connectivity index (χ3v) is 4.73. The maximum atomic E-state index is 11.9. The van der Waals surface area contributed by atoms with Gasteiger partial charge in [0, 0.05) is 24.5 Å². The van der Waals surface area contributed by atoms with Crippen LogP contribution in [-0.2, 0) is 6.54 Å². The molecule has 1 aromatic heterocycles. The van der Waals surface area contributed by atoms with E-state index in [1.54, 1.807) is 6.07 Å². The van der Waals surface area contributed by atoms with Crippen LogP contribution in [0.25, 0.3) is 11.0 Å². The second-order valence-corrected chi connectivity index (χ2v) is 6.94. The normalized spacial score (nSPS) is 15.0. The van der Waals surface area contributed by atoms with Gasteiger partial charge < -0.3 is 14.6 Å². The van der Waals surface area contributed by atoms with Gasteiger partial charge in [0.2, 0.25) is 0 Å². The predicted molar refractivity (Wildman–Crippen MR) is 108 cm³/mol. The third-order valence-electron chi connectivity index (χ3n) is 4.73. The summed E-state index contributed by atoms with van der Waals surface area (Å²) in [6, 6.07) is 5.84. The summed E-state index contributed by atoms with van der Waals surface area (Å²) in [5.41, 5.74) is 3.77. The van der Waals surface area contributed by atoms with Crippen molar-refractivity contribution < 1.29 is 4.42 Å². The number of fused-ring (bicyclic) bond motifs is 1. The minimum absolute atomic E-state index is 0. The van der Waals surface area contributed by atoms with Crippen LogP contribution in [0.4, 0.5) is 0 Å². The summed E-state index contributed by atoms with van der Waals surface area (Å²) < 4.78 is 5.44. The van der Waals surface area contributed by atoms with E-state index in [1.165, 1.54) is 18.4 Å². The van der Waals surface area contributed by atoms with Gasteiger partial charge in [-0.3, -0.25) is 0 Å². The van der Waals surface area contributed by atoms with Gasteiger partial charge >= 0.3 is 5.63 Å². The van der Waals surface area contributed by atoms with Crippen molar-refractivity contribution in [3.8, 4) is 0 Å². The summed E-state index contributed by atoms with van der Waals surface area (Å²) in [6.07, 6.45) is 2.47. The van der Waals surface area contributed by atoms with E-state index in [1.807, 2.05) is 6.92 Å². The quantitative estimate of drug-likeness (QED) is 0.813. The molecule has 0 spiro atoms. The van der Waals surface area contributed by atoms with Crippen LogP contribution in [0.15, 0.2) is 27.4 Å².